The largest absolute Gasteiger partial charge is 0.507 e. The molecular weight excluding hydrogens is 336 g/mol. The Kier molecular flexibility index (Phi) is 5.84. The molecule has 1 N–H and O–H groups in total. The van der Waals surface area contributed by atoms with Crippen molar-refractivity contribution in [2.45, 2.75) is 70.6 Å². The van der Waals surface area contributed by atoms with E-state index in [2.05, 4.69) is 28.1 Å². The first-order valence-electron chi connectivity index (χ1n) is 9.18. The van der Waals surface area contributed by atoms with Gasteiger partial charge in [0, 0.05) is 10.9 Å². The van der Waals surface area contributed by atoms with Crippen molar-refractivity contribution in [2.24, 2.45) is 11.8 Å². The minimum absolute atomic E-state index is 0.577. The summed E-state index contributed by atoms with van der Waals surface area (Å²) < 4.78 is 0. The first-order valence-corrected chi connectivity index (χ1v) is 10.3. The average Bonchev–Trinajstić information content (AvgIpc) is 2.75. The van der Waals surface area contributed by atoms with E-state index in [0.717, 1.165) is 23.2 Å². The van der Waals surface area contributed by atoms with Gasteiger partial charge >= 0.3 is 0 Å². The van der Waals surface area contributed by atoms with Crippen LogP contribution in [0.5, 0.6) is 0 Å². The molecule has 0 spiro atoms. The molecule has 3 aliphatic rings. The summed E-state index contributed by atoms with van der Waals surface area (Å²) in [5.41, 5.74) is 3.94. The number of aliphatic hydroxyl groups is 1. The summed E-state index contributed by atoms with van der Waals surface area (Å²) >= 11 is 3.57. The molecule has 2 saturated carbocycles. The summed E-state index contributed by atoms with van der Waals surface area (Å²) in [6, 6.07) is 0. The Hall–Kier alpha value is -0.500. The van der Waals surface area contributed by atoms with Crippen molar-refractivity contribution in [2.75, 3.05) is 5.33 Å². The third kappa shape index (κ3) is 3.69. The van der Waals surface area contributed by atoms with E-state index in [1.54, 1.807) is 5.57 Å². The number of hydrogen-bond donors (Lipinski definition) is 1. The second-order valence-corrected chi connectivity index (χ2v) is 7.82. The highest BCUT2D eigenvalue weighted by Gasteiger charge is 2.25. The predicted molar refractivity (Wildman–Crippen MR) is 97.4 cm³/mol. The van der Waals surface area contributed by atoms with Gasteiger partial charge in [0.15, 0.2) is 0 Å². The summed E-state index contributed by atoms with van der Waals surface area (Å²) in [6.07, 6.45) is 19.1. The Morgan fingerprint density at radius 1 is 0.909 bits per heavy atom. The van der Waals surface area contributed by atoms with E-state index in [1.165, 1.54) is 69.8 Å². The lowest BCUT2D eigenvalue weighted by Gasteiger charge is -2.27. The molecule has 122 valence electrons. The van der Waals surface area contributed by atoms with Gasteiger partial charge in [0.25, 0.3) is 0 Å². The van der Waals surface area contributed by atoms with Gasteiger partial charge < -0.3 is 5.11 Å². The van der Waals surface area contributed by atoms with Crippen molar-refractivity contribution in [3.8, 4) is 0 Å². The monoisotopic (exact) mass is 364 g/mol. The van der Waals surface area contributed by atoms with Crippen molar-refractivity contribution >= 4 is 15.9 Å². The van der Waals surface area contributed by atoms with Gasteiger partial charge in [-0.2, -0.15) is 0 Å². The van der Waals surface area contributed by atoms with Crippen LogP contribution in [-0.2, 0) is 0 Å². The summed E-state index contributed by atoms with van der Waals surface area (Å²) in [4.78, 5) is 0. The molecule has 3 rings (SSSR count). The molecule has 22 heavy (non-hydrogen) atoms. The van der Waals surface area contributed by atoms with E-state index >= 15 is 0 Å². The molecule has 0 heterocycles. The summed E-state index contributed by atoms with van der Waals surface area (Å²) in [5.74, 6) is 1.91. The zero-order valence-electron chi connectivity index (χ0n) is 13.6. The standard InChI is InChI=1S/C20H29BrO/c21-14-18-12-11-17(15-7-3-1-4-8-15)13-19(20(18)22)16-9-5-2-6-10-16/h12-13,15-16,22H,1-11,14H2. The Morgan fingerprint density at radius 3 is 2.09 bits per heavy atom. The molecule has 0 aromatic rings. The minimum Gasteiger partial charge on any atom is -0.507 e. The maximum atomic E-state index is 10.8. The molecule has 0 saturated heterocycles. The average molecular weight is 365 g/mol. The molecule has 1 nitrogen and oxygen atoms in total. The molecule has 0 radical (unpaired) electrons. The topological polar surface area (TPSA) is 20.2 Å². The number of hydrogen-bond acceptors (Lipinski definition) is 1. The van der Waals surface area contributed by atoms with Crippen molar-refractivity contribution in [3.63, 3.8) is 0 Å². The van der Waals surface area contributed by atoms with E-state index in [9.17, 15) is 5.11 Å². The summed E-state index contributed by atoms with van der Waals surface area (Å²) in [6.45, 7) is 0. The highest BCUT2D eigenvalue weighted by molar-refractivity contribution is 9.09. The van der Waals surface area contributed by atoms with Crippen LogP contribution < -0.4 is 0 Å². The van der Waals surface area contributed by atoms with Crippen molar-refractivity contribution < 1.29 is 5.11 Å². The van der Waals surface area contributed by atoms with E-state index in [-0.39, 0.29) is 0 Å². The third-order valence-electron chi connectivity index (χ3n) is 5.82. The number of rotatable bonds is 3. The Balaban J connectivity index is 1.90. The number of alkyl halides is 1. The number of halogens is 1. The zero-order valence-corrected chi connectivity index (χ0v) is 15.2. The van der Waals surface area contributed by atoms with Gasteiger partial charge in [0.1, 0.15) is 5.76 Å². The van der Waals surface area contributed by atoms with Gasteiger partial charge in [-0.1, -0.05) is 72.2 Å². The van der Waals surface area contributed by atoms with Crippen molar-refractivity contribution in [3.05, 3.63) is 34.6 Å². The van der Waals surface area contributed by atoms with Gasteiger partial charge in [0.2, 0.25) is 0 Å². The van der Waals surface area contributed by atoms with Gasteiger partial charge in [-0.25, -0.2) is 0 Å². The normalized spacial score (nSPS) is 25.7. The highest BCUT2D eigenvalue weighted by atomic mass is 79.9. The second-order valence-electron chi connectivity index (χ2n) is 7.26. The van der Waals surface area contributed by atoms with Gasteiger partial charge in [-0.05, 0) is 49.5 Å². The molecule has 0 bridgehead atoms. The van der Waals surface area contributed by atoms with Crippen molar-refractivity contribution in [1.29, 1.82) is 0 Å². The van der Waals surface area contributed by atoms with E-state index in [1.807, 2.05) is 0 Å². The van der Waals surface area contributed by atoms with E-state index < -0.39 is 0 Å². The fraction of sp³-hybridized carbons (Fsp3) is 0.700. The fourth-order valence-electron chi connectivity index (χ4n) is 4.45. The summed E-state index contributed by atoms with van der Waals surface area (Å²) in [7, 11) is 0. The molecule has 0 atom stereocenters. The lowest BCUT2D eigenvalue weighted by molar-refractivity contribution is 0.368. The maximum absolute atomic E-state index is 10.8. The molecule has 2 fully saturated rings. The van der Waals surface area contributed by atoms with E-state index in [4.69, 9.17) is 0 Å². The zero-order chi connectivity index (χ0) is 15.4. The van der Waals surface area contributed by atoms with Crippen LogP contribution in [0.2, 0.25) is 0 Å². The predicted octanol–water partition coefficient (Wildman–Crippen LogP) is 6.61. The Labute approximate surface area is 143 Å². The van der Waals surface area contributed by atoms with Crippen molar-refractivity contribution in [1.82, 2.24) is 0 Å². The van der Waals surface area contributed by atoms with Gasteiger partial charge in [-0.3, -0.25) is 0 Å². The SMILES string of the molecule is OC1=C(C2CCCCC2)C=C(C2CCCCC2)CC=C1CBr. The minimum atomic E-state index is 0.577. The lowest BCUT2D eigenvalue weighted by atomic mass is 9.79. The molecule has 0 aromatic carbocycles. The smallest absolute Gasteiger partial charge is 0.122 e. The Morgan fingerprint density at radius 2 is 1.50 bits per heavy atom. The van der Waals surface area contributed by atoms with Gasteiger partial charge in [0.05, 0.1) is 0 Å². The van der Waals surface area contributed by atoms with Crippen LogP contribution in [0.3, 0.4) is 0 Å². The highest BCUT2D eigenvalue weighted by Crippen LogP contribution is 2.39. The molecular formula is C20H29BrO. The Bertz CT molecular complexity index is 474. The van der Waals surface area contributed by atoms with Crippen LogP contribution in [-0.4, -0.2) is 10.4 Å². The van der Waals surface area contributed by atoms with Crippen LogP contribution in [0.15, 0.2) is 34.6 Å². The van der Waals surface area contributed by atoms with Crippen LogP contribution in [0.25, 0.3) is 0 Å². The quantitative estimate of drug-likeness (QED) is 0.558. The molecule has 3 aliphatic carbocycles. The second kappa shape index (κ2) is 7.86. The van der Waals surface area contributed by atoms with Crippen LogP contribution >= 0.6 is 15.9 Å². The third-order valence-corrected chi connectivity index (χ3v) is 6.43. The van der Waals surface area contributed by atoms with Gasteiger partial charge in [-0.15, -0.1) is 0 Å². The number of allylic oxidation sites excluding steroid dienone is 5. The number of aliphatic hydroxyl groups excluding tert-OH is 1. The first kappa shape index (κ1) is 16.4. The molecule has 0 aromatic heterocycles. The molecule has 2 heteroatoms. The molecule has 0 unspecified atom stereocenters. The molecule has 0 aliphatic heterocycles. The van der Waals surface area contributed by atoms with Crippen LogP contribution in [0.4, 0.5) is 0 Å². The molecule has 0 amide bonds. The maximum Gasteiger partial charge on any atom is 0.122 e. The van der Waals surface area contributed by atoms with Crippen LogP contribution in [0.1, 0.15) is 70.6 Å². The fourth-order valence-corrected chi connectivity index (χ4v) is 4.95. The van der Waals surface area contributed by atoms with E-state index in [0.29, 0.717) is 11.7 Å². The lowest BCUT2D eigenvalue weighted by Crippen LogP contribution is -2.13. The summed E-state index contributed by atoms with van der Waals surface area (Å²) in [5, 5.41) is 11.6. The first-order chi connectivity index (χ1) is 10.8. The van der Waals surface area contributed by atoms with Crippen LogP contribution in [0, 0.1) is 11.8 Å².